The molecule has 6 aliphatic rings. The summed E-state index contributed by atoms with van der Waals surface area (Å²) in [5, 5.41) is 1.48. The molecule has 71 heavy (non-hydrogen) atoms. The molecule has 3 nitrogen and oxygen atoms in total. The van der Waals surface area contributed by atoms with Crippen molar-refractivity contribution in [1.29, 1.82) is 0 Å². The van der Waals surface area contributed by atoms with Crippen LogP contribution in [0.1, 0.15) is 140 Å². The second-order valence-corrected chi connectivity index (χ2v) is 32.1. The molecule has 378 valence electrons. The molecular weight excluding hydrogens is 980 g/mol. The minimum absolute atomic E-state index is 0.00671. The van der Waals surface area contributed by atoms with E-state index in [-0.39, 0.29) is 23.3 Å². The third kappa shape index (κ3) is 10.5. The van der Waals surface area contributed by atoms with Gasteiger partial charge in [0.1, 0.15) is 5.78 Å². The Hall–Kier alpha value is -4.26. The molecule has 5 aromatic rings. The summed E-state index contributed by atoms with van der Waals surface area (Å²) in [6.45, 7) is 10.7. The van der Waals surface area contributed by atoms with E-state index in [1.807, 2.05) is 0 Å². The van der Waals surface area contributed by atoms with E-state index in [2.05, 4.69) is 120 Å². The average Bonchev–Trinajstić information content (AvgIpc) is 3.35. The van der Waals surface area contributed by atoms with Crippen molar-refractivity contribution < 1.29 is 31.8 Å². The number of hydrogen-bond donors (Lipinski definition) is 0. The van der Waals surface area contributed by atoms with Crippen molar-refractivity contribution in [2.75, 3.05) is 19.9 Å². The van der Waals surface area contributed by atoms with Crippen molar-refractivity contribution in [1.82, 2.24) is 0 Å². The number of carbonyl (C=O) groups is 1. The van der Waals surface area contributed by atoms with Crippen molar-refractivity contribution >= 4 is 42.5 Å². The first-order chi connectivity index (χ1) is 34.1. The van der Waals surface area contributed by atoms with Crippen LogP contribution in [0.25, 0.3) is 0 Å². The summed E-state index contributed by atoms with van der Waals surface area (Å²) >= 11 is 4.24. The van der Waals surface area contributed by atoms with Gasteiger partial charge in [0.2, 0.25) is 11.6 Å². The molecule has 0 aliphatic heterocycles. The Kier molecular flexibility index (Phi) is 15.5. The first kappa shape index (κ1) is 51.6. The summed E-state index contributed by atoms with van der Waals surface area (Å²) in [5.74, 6) is 0.701. The zero-order valence-electron chi connectivity index (χ0n) is 41.9. The number of Topliss-reactive ketones (excluding diaryl/α,β-unsaturated/α-hetero) is 1. The third-order valence-electron chi connectivity index (χ3n) is 17.8. The van der Waals surface area contributed by atoms with Crippen LogP contribution in [-0.4, -0.2) is 25.7 Å². The number of hydrogen-bond acceptors (Lipinski definition) is 3. The number of allylic oxidation sites excluding steroid dienone is 1. The van der Waals surface area contributed by atoms with Crippen molar-refractivity contribution in [3.8, 4) is 11.5 Å². The van der Waals surface area contributed by atoms with Crippen LogP contribution in [0.15, 0.2) is 127 Å². The van der Waals surface area contributed by atoms with Gasteiger partial charge in [-0.15, -0.1) is 0 Å². The average molecular weight is 1050 g/mol. The van der Waals surface area contributed by atoms with Gasteiger partial charge < -0.3 is 9.47 Å². The molecule has 0 N–H and O–H groups in total. The predicted octanol–water partition coefficient (Wildman–Crippen LogP) is 16.2. The molecule has 5 aromatic carbocycles. The maximum atomic E-state index is 14.4. The van der Waals surface area contributed by atoms with E-state index >= 15 is 0 Å². The number of ketones is 1. The number of ether oxygens (including phenoxy) is 2. The summed E-state index contributed by atoms with van der Waals surface area (Å²) in [5.41, 5.74) is 3.45. The minimum atomic E-state index is -2.56. The monoisotopic (exact) mass is 1050 g/mol. The van der Waals surface area contributed by atoms with E-state index in [1.165, 1.54) is 60.0 Å². The molecule has 0 amide bonds. The summed E-state index contributed by atoms with van der Waals surface area (Å²) in [7, 11) is 0. The fourth-order valence-corrected chi connectivity index (χ4v) is 19.7. The van der Waals surface area contributed by atoms with Crippen LogP contribution in [0.4, 0.5) is 17.6 Å². The topological polar surface area (TPSA) is 35.5 Å². The fraction of sp³-hybridized carbons (Fsp3) is 0.468. The van der Waals surface area contributed by atoms with Crippen LogP contribution in [0, 0.1) is 57.8 Å². The standard InChI is InChI=1S/C22H28F2O.C21H26F2O2.C19H18BrP/c1-3-25-19-9-8-18(20(23)21(19)24)16-6-4-15(5-7-16)17-12-22(13-17)10-14(2)11-22;1-2-25-18-8-7-17(19(22)20(18)23)14-5-3-13(4-6-14)15-9-21(10-15)11-16(24)12-21;1-21(20,17-11-5-2-6-12-17,18-13-7-3-8-14-18)19-15-9-4-10-16-19/h8-9,15-17H,2-7,10-13H2,1H3;7-8,13-15H,2-6,9-12H2,1H3;2-16H,1H3. The van der Waals surface area contributed by atoms with Gasteiger partial charge in [0.15, 0.2) is 23.1 Å². The Bertz CT molecular complexity index is 2410. The molecule has 2 spiro atoms. The van der Waals surface area contributed by atoms with Crippen molar-refractivity contribution in [2.24, 2.45) is 34.5 Å². The quantitative estimate of drug-likeness (QED) is 0.0751. The van der Waals surface area contributed by atoms with Crippen molar-refractivity contribution in [2.45, 2.75) is 128 Å². The van der Waals surface area contributed by atoms with E-state index in [0.29, 0.717) is 46.9 Å². The second-order valence-electron chi connectivity index (χ2n) is 22.4. The van der Waals surface area contributed by atoms with Gasteiger partial charge in [0.05, 0.1) is 13.2 Å². The van der Waals surface area contributed by atoms with Gasteiger partial charge in [0, 0.05) is 12.8 Å². The Labute approximate surface area is 428 Å². The molecule has 11 rings (SSSR count). The van der Waals surface area contributed by atoms with Crippen molar-refractivity contribution in [3.05, 3.63) is 162 Å². The zero-order valence-corrected chi connectivity index (χ0v) is 44.4. The van der Waals surface area contributed by atoms with Crippen LogP contribution < -0.4 is 25.4 Å². The number of benzene rings is 5. The van der Waals surface area contributed by atoms with E-state index in [0.717, 1.165) is 82.0 Å². The normalized spacial score (nSPS) is 24.8. The molecule has 0 aromatic heterocycles. The van der Waals surface area contributed by atoms with Crippen LogP contribution in [0.2, 0.25) is 0 Å². The molecule has 0 saturated heterocycles. The molecule has 0 unspecified atom stereocenters. The molecule has 6 saturated carbocycles. The molecule has 0 radical (unpaired) electrons. The first-order valence-electron chi connectivity index (χ1n) is 26.4. The van der Waals surface area contributed by atoms with Gasteiger partial charge in [0.25, 0.3) is 0 Å². The van der Waals surface area contributed by atoms with Gasteiger partial charge in [-0.2, -0.15) is 8.78 Å². The van der Waals surface area contributed by atoms with E-state index in [4.69, 9.17) is 9.47 Å². The zero-order chi connectivity index (χ0) is 50.0. The predicted molar refractivity (Wildman–Crippen MR) is 287 cm³/mol. The maximum absolute atomic E-state index is 14.4. The molecule has 9 heteroatoms. The Balaban J connectivity index is 0.000000133. The summed E-state index contributed by atoms with van der Waals surface area (Å²) in [4.78, 5) is 11.2. The molecular formula is C62H72BrF4O3P. The van der Waals surface area contributed by atoms with Gasteiger partial charge in [-0.1, -0.05) is 24.3 Å². The number of rotatable bonds is 11. The fourth-order valence-electron chi connectivity index (χ4n) is 14.0. The summed E-state index contributed by atoms with van der Waals surface area (Å²) < 4.78 is 67.4. The van der Waals surface area contributed by atoms with Crippen LogP contribution in [0.3, 0.4) is 0 Å². The van der Waals surface area contributed by atoms with Crippen LogP contribution in [-0.2, 0) is 4.79 Å². The summed E-state index contributed by atoms with van der Waals surface area (Å²) in [6.07, 6.45) is 17.5. The second kappa shape index (κ2) is 21.3. The van der Waals surface area contributed by atoms with Crippen LogP contribution in [0.5, 0.6) is 11.5 Å². The van der Waals surface area contributed by atoms with Crippen LogP contribution >= 0.6 is 20.8 Å². The third-order valence-corrected chi connectivity index (χ3v) is 26.1. The van der Waals surface area contributed by atoms with Crippen molar-refractivity contribution in [3.63, 3.8) is 0 Å². The Morgan fingerprint density at radius 2 is 0.845 bits per heavy atom. The van der Waals surface area contributed by atoms with E-state index < -0.39 is 28.6 Å². The molecule has 0 bridgehead atoms. The Morgan fingerprint density at radius 3 is 1.15 bits per heavy atom. The van der Waals surface area contributed by atoms with Gasteiger partial charge in [-0.05, 0) is 173 Å². The molecule has 6 fully saturated rings. The van der Waals surface area contributed by atoms with Gasteiger partial charge in [-0.3, -0.25) is 4.79 Å². The summed E-state index contributed by atoms with van der Waals surface area (Å²) in [6, 6.07) is 38.9. The van der Waals surface area contributed by atoms with E-state index in [9.17, 15) is 22.4 Å². The molecule has 0 atom stereocenters. The Morgan fingerprint density at radius 1 is 0.507 bits per heavy atom. The van der Waals surface area contributed by atoms with Gasteiger partial charge >= 0.3 is 134 Å². The molecule has 6 aliphatic carbocycles. The number of carbonyl (C=O) groups excluding carboxylic acids is 1. The van der Waals surface area contributed by atoms with E-state index in [1.54, 1.807) is 38.1 Å². The molecule has 0 heterocycles. The first-order valence-corrected chi connectivity index (χ1v) is 31.1. The SMILES string of the molecule is C=C1CC2(C1)CC(C1CCC(c3ccc(OCC)c(F)c3F)CC1)C2.CCOc1ccc(C2CCC(C3CC4(CC(=O)C4)C3)CC2)c(F)c1F.CP(Br)(c1ccccc1)(c1ccccc1)c1ccccc1. The number of halogens is 5. The van der Waals surface area contributed by atoms with Gasteiger partial charge in [-0.25, -0.2) is 8.78 Å².